The number of halogens is 2. The van der Waals surface area contributed by atoms with Gasteiger partial charge in [-0.25, -0.2) is 4.68 Å². The van der Waals surface area contributed by atoms with Crippen LogP contribution in [0.25, 0.3) is 10.9 Å². The number of hydrogen-bond acceptors (Lipinski definition) is 3. The van der Waals surface area contributed by atoms with Gasteiger partial charge in [-0.3, -0.25) is 4.79 Å². The minimum atomic E-state index is -2.90. The van der Waals surface area contributed by atoms with Gasteiger partial charge in [-0.05, 0) is 18.6 Å². The second kappa shape index (κ2) is 4.12. The van der Waals surface area contributed by atoms with Crippen molar-refractivity contribution in [2.24, 2.45) is 0 Å². The molecule has 1 heterocycles. The Bertz CT molecular complexity index is 578. The summed E-state index contributed by atoms with van der Waals surface area (Å²) >= 11 is 0. The van der Waals surface area contributed by atoms with Crippen LogP contribution in [0, 0.1) is 6.92 Å². The predicted molar refractivity (Wildman–Crippen MR) is 57.4 cm³/mol. The van der Waals surface area contributed by atoms with Crippen LogP contribution in [0.2, 0.25) is 0 Å². The molecule has 0 bridgehead atoms. The van der Waals surface area contributed by atoms with Crippen LogP contribution in [0.4, 0.5) is 8.78 Å². The van der Waals surface area contributed by atoms with Crippen LogP contribution in [-0.4, -0.2) is 22.3 Å². The number of alkyl halides is 2. The van der Waals surface area contributed by atoms with Crippen molar-refractivity contribution in [2.45, 2.75) is 20.5 Å². The number of ether oxygens (including phenoxy) is 1. The van der Waals surface area contributed by atoms with Crippen LogP contribution < -0.4 is 4.74 Å². The second-order valence-electron chi connectivity index (χ2n) is 3.60. The van der Waals surface area contributed by atoms with Crippen molar-refractivity contribution in [1.82, 2.24) is 9.78 Å². The Labute approximate surface area is 95.8 Å². The van der Waals surface area contributed by atoms with E-state index in [-0.39, 0.29) is 11.7 Å². The fourth-order valence-corrected chi connectivity index (χ4v) is 1.68. The number of benzene rings is 1. The number of hydrogen-bond donors (Lipinski definition) is 0. The van der Waals surface area contributed by atoms with E-state index in [9.17, 15) is 13.6 Å². The van der Waals surface area contributed by atoms with Crippen LogP contribution in [0.15, 0.2) is 18.3 Å². The third kappa shape index (κ3) is 1.98. The lowest BCUT2D eigenvalue weighted by atomic mass is 10.1. The summed E-state index contributed by atoms with van der Waals surface area (Å²) in [6.07, 6.45) is 1.35. The molecule has 0 aliphatic rings. The summed E-state index contributed by atoms with van der Waals surface area (Å²) in [7, 11) is 0. The van der Waals surface area contributed by atoms with E-state index in [1.54, 1.807) is 19.1 Å². The summed E-state index contributed by atoms with van der Waals surface area (Å²) in [6.45, 7) is 0.0994. The summed E-state index contributed by atoms with van der Waals surface area (Å²) < 4.78 is 30.2. The van der Waals surface area contributed by atoms with Gasteiger partial charge in [0.1, 0.15) is 5.75 Å². The molecule has 4 nitrogen and oxygen atoms in total. The molecule has 0 atom stereocenters. The summed E-state index contributed by atoms with van der Waals surface area (Å²) in [5, 5.41) is 4.25. The van der Waals surface area contributed by atoms with Crippen molar-refractivity contribution in [1.29, 1.82) is 0 Å². The van der Waals surface area contributed by atoms with E-state index in [0.29, 0.717) is 16.5 Å². The smallest absolute Gasteiger partial charge is 0.387 e. The molecule has 0 unspecified atom stereocenters. The zero-order chi connectivity index (χ0) is 12.6. The molecule has 0 amide bonds. The molecule has 0 saturated heterocycles. The second-order valence-corrected chi connectivity index (χ2v) is 3.60. The molecule has 0 aliphatic heterocycles. The lowest BCUT2D eigenvalue weighted by molar-refractivity contribution is -0.0492. The van der Waals surface area contributed by atoms with Gasteiger partial charge in [0.05, 0.1) is 17.1 Å². The van der Waals surface area contributed by atoms with Gasteiger partial charge in [0.2, 0.25) is 5.91 Å². The van der Waals surface area contributed by atoms with Gasteiger partial charge in [0, 0.05) is 6.92 Å². The molecular formula is C11H10F2N2O2. The highest BCUT2D eigenvalue weighted by atomic mass is 19.3. The molecule has 1 aromatic heterocycles. The number of aromatic nitrogens is 2. The lowest BCUT2D eigenvalue weighted by Crippen LogP contribution is -2.07. The van der Waals surface area contributed by atoms with Crippen molar-refractivity contribution < 1.29 is 18.3 Å². The van der Waals surface area contributed by atoms with E-state index in [1.165, 1.54) is 13.1 Å². The maximum Gasteiger partial charge on any atom is 0.387 e. The fourth-order valence-electron chi connectivity index (χ4n) is 1.68. The van der Waals surface area contributed by atoms with Crippen molar-refractivity contribution in [3.8, 4) is 5.75 Å². The van der Waals surface area contributed by atoms with E-state index < -0.39 is 6.61 Å². The lowest BCUT2D eigenvalue weighted by Gasteiger charge is -2.09. The zero-order valence-electron chi connectivity index (χ0n) is 9.28. The number of rotatable bonds is 2. The van der Waals surface area contributed by atoms with Gasteiger partial charge < -0.3 is 4.74 Å². The highest BCUT2D eigenvalue weighted by Crippen LogP contribution is 2.30. The largest absolute Gasteiger partial charge is 0.434 e. The van der Waals surface area contributed by atoms with Gasteiger partial charge >= 0.3 is 6.61 Å². The van der Waals surface area contributed by atoms with Crippen LogP contribution in [0.3, 0.4) is 0 Å². The first-order chi connectivity index (χ1) is 8.00. The van der Waals surface area contributed by atoms with Gasteiger partial charge in [0.25, 0.3) is 0 Å². The van der Waals surface area contributed by atoms with Crippen molar-refractivity contribution in [2.75, 3.05) is 0 Å². The normalized spacial score (nSPS) is 11.1. The Hall–Kier alpha value is -1.98. The Kier molecular flexibility index (Phi) is 2.79. The third-order valence-electron chi connectivity index (χ3n) is 2.41. The van der Waals surface area contributed by atoms with Crippen molar-refractivity contribution >= 4 is 16.8 Å². The molecule has 1 aromatic carbocycles. The molecule has 6 heteroatoms. The van der Waals surface area contributed by atoms with E-state index in [4.69, 9.17) is 0 Å². The molecule has 17 heavy (non-hydrogen) atoms. The van der Waals surface area contributed by atoms with Crippen LogP contribution >= 0.6 is 0 Å². The Morgan fingerprint density at radius 1 is 1.47 bits per heavy atom. The number of carbonyl (C=O) groups excluding carboxylic acids is 1. The van der Waals surface area contributed by atoms with Gasteiger partial charge in [-0.1, -0.05) is 6.07 Å². The quantitative estimate of drug-likeness (QED) is 0.810. The summed E-state index contributed by atoms with van der Waals surface area (Å²) in [5.41, 5.74) is 1.03. The molecule has 0 spiro atoms. The van der Waals surface area contributed by atoms with Crippen molar-refractivity contribution in [3.05, 3.63) is 23.9 Å². The standard InChI is InChI=1S/C11H10F2N2O2/c1-6-3-4-9-8(10(6)17-11(12)13)5-14-15(9)7(2)16/h3-5,11H,1-2H3. The first-order valence-corrected chi connectivity index (χ1v) is 4.94. The number of aryl methyl sites for hydroxylation is 1. The highest BCUT2D eigenvalue weighted by Gasteiger charge is 2.15. The average Bonchev–Trinajstić information content (AvgIpc) is 2.65. The minimum Gasteiger partial charge on any atom is -0.434 e. The Morgan fingerprint density at radius 2 is 2.18 bits per heavy atom. The van der Waals surface area contributed by atoms with Gasteiger partial charge in [-0.2, -0.15) is 13.9 Å². The summed E-state index contributed by atoms with van der Waals surface area (Å²) in [5.74, 6) is -0.225. The molecule has 0 radical (unpaired) electrons. The minimum absolute atomic E-state index is 0.0602. The molecule has 0 aliphatic carbocycles. The molecule has 90 valence electrons. The maximum absolute atomic E-state index is 12.3. The molecule has 2 rings (SSSR count). The SMILES string of the molecule is CC(=O)n1ncc2c(OC(F)F)c(C)ccc21. The number of nitrogens with zero attached hydrogens (tertiary/aromatic N) is 2. The van der Waals surface area contributed by atoms with Crippen LogP contribution in [0.5, 0.6) is 5.75 Å². The maximum atomic E-state index is 12.3. The monoisotopic (exact) mass is 240 g/mol. The third-order valence-corrected chi connectivity index (χ3v) is 2.41. The first-order valence-electron chi connectivity index (χ1n) is 4.94. The first kappa shape index (κ1) is 11.5. The molecule has 0 fully saturated rings. The summed E-state index contributed by atoms with van der Waals surface area (Å²) in [4.78, 5) is 11.3. The van der Waals surface area contributed by atoms with E-state index in [2.05, 4.69) is 9.84 Å². The molecule has 2 aromatic rings. The van der Waals surface area contributed by atoms with E-state index >= 15 is 0 Å². The molecular weight excluding hydrogens is 230 g/mol. The predicted octanol–water partition coefficient (Wildman–Crippen LogP) is 2.61. The molecule has 0 saturated carbocycles. The van der Waals surface area contributed by atoms with E-state index in [1.807, 2.05) is 0 Å². The average molecular weight is 240 g/mol. The molecule has 0 N–H and O–H groups in total. The highest BCUT2D eigenvalue weighted by molar-refractivity contribution is 5.93. The zero-order valence-corrected chi connectivity index (χ0v) is 9.28. The topological polar surface area (TPSA) is 44.1 Å². The van der Waals surface area contributed by atoms with Gasteiger partial charge in [-0.15, -0.1) is 0 Å². The Balaban J connectivity index is 2.66. The van der Waals surface area contributed by atoms with Gasteiger partial charge in [0.15, 0.2) is 0 Å². The summed E-state index contributed by atoms with van der Waals surface area (Å²) in [6, 6.07) is 3.26. The van der Waals surface area contributed by atoms with Crippen LogP contribution in [-0.2, 0) is 0 Å². The number of carbonyl (C=O) groups is 1. The van der Waals surface area contributed by atoms with E-state index in [0.717, 1.165) is 4.68 Å². The van der Waals surface area contributed by atoms with Crippen molar-refractivity contribution in [3.63, 3.8) is 0 Å². The van der Waals surface area contributed by atoms with Crippen LogP contribution in [0.1, 0.15) is 17.3 Å². The fraction of sp³-hybridized carbons (Fsp3) is 0.273. The Morgan fingerprint density at radius 3 is 2.76 bits per heavy atom. The number of fused-ring (bicyclic) bond motifs is 1.